The Morgan fingerprint density at radius 3 is 1.67 bits per heavy atom. The first-order valence-electron chi connectivity index (χ1n) is 5.54. The van der Waals surface area contributed by atoms with E-state index < -0.39 is 47.0 Å². The third kappa shape index (κ3) is 4.10. The Balaban J connectivity index is 3.42. The molecule has 0 heterocycles. The zero-order chi connectivity index (χ0) is 16.6. The summed E-state index contributed by atoms with van der Waals surface area (Å²) in [4.78, 5) is 10.6. The van der Waals surface area contributed by atoms with Gasteiger partial charge in [0.05, 0.1) is 11.1 Å². The number of aliphatic carboxylic acids is 1. The van der Waals surface area contributed by atoms with E-state index in [0.717, 1.165) is 6.92 Å². The lowest BCUT2D eigenvalue weighted by Gasteiger charge is -2.19. The molecule has 3 nitrogen and oxygen atoms in total. The summed E-state index contributed by atoms with van der Waals surface area (Å²) in [7, 11) is 0. The largest absolute Gasteiger partial charge is 0.479 e. The first-order chi connectivity index (χ1) is 9.34. The maximum absolute atomic E-state index is 12.6. The molecule has 0 radical (unpaired) electrons. The van der Waals surface area contributed by atoms with Gasteiger partial charge in [-0.25, -0.2) is 4.79 Å². The van der Waals surface area contributed by atoms with Crippen LogP contribution in [0.5, 0.6) is 0 Å². The highest BCUT2D eigenvalue weighted by Gasteiger charge is 2.38. The van der Waals surface area contributed by atoms with Crippen LogP contribution in [-0.4, -0.2) is 22.3 Å². The maximum Gasteiger partial charge on any atom is 0.416 e. The van der Waals surface area contributed by atoms with Gasteiger partial charge in [-0.3, -0.25) is 0 Å². The van der Waals surface area contributed by atoms with E-state index >= 15 is 0 Å². The van der Waals surface area contributed by atoms with Gasteiger partial charge in [0.2, 0.25) is 0 Å². The monoisotopic (exact) mass is 316 g/mol. The normalized spacial score (nSPS) is 15.6. The Hall–Kier alpha value is -1.77. The molecule has 2 atom stereocenters. The predicted octanol–water partition coefficient (Wildman–Crippen LogP) is 3.27. The standard InChI is InChI=1S/C12H10F6O3/c1-5(9(19)10(20)21)6-2-7(11(13,14)15)4-8(3-6)12(16,17)18/h2-5,9,19H,1H3,(H,20,21). The summed E-state index contributed by atoms with van der Waals surface area (Å²) < 4.78 is 75.7. The molecule has 0 bridgehead atoms. The number of benzene rings is 1. The van der Waals surface area contributed by atoms with Crippen LogP contribution < -0.4 is 0 Å². The molecule has 0 fully saturated rings. The highest BCUT2D eigenvalue weighted by atomic mass is 19.4. The Bertz CT molecular complexity index is 503. The van der Waals surface area contributed by atoms with Crippen molar-refractivity contribution in [1.29, 1.82) is 0 Å². The fourth-order valence-corrected chi connectivity index (χ4v) is 1.64. The highest BCUT2D eigenvalue weighted by molar-refractivity contribution is 5.73. The van der Waals surface area contributed by atoms with Crippen LogP contribution in [0, 0.1) is 0 Å². The number of carbonyl (C=O) groups is 1. The van der Waals surface area contributed by atoms with Gasteiger partial charge in [-0.15, -0.1) is 0 Å². The summed E-state index contributed by atoms with van der Waals surface area (Å²) in [6.07, 6.45) is -12.2. The van der Waals surface area contributed by atoms with E-state index in [1.165, 1.54) is 0 Å². The number of rotatable bonds is 3. The van der Waals surface area contributed by atoms with Crippen LogP contribution >= 0.6 is 0 Å². The van der Waals surface area contributed by atoms with Gasteiger partial charge in [-0.2, -0.15) is 26.3 Å². The molecular weight excluding hydrogens is 306 g/mol. The molecule has 1 aromatic rings. The SMILES string of the molecule is CC(c1cc(C(F)(F)F)cc(C(F)(F)F)c1)C(O)C(=O)O. The lowest BCUT2D eigenvalue weighted by molar-refractivity contribution is -0.147. The molecule has 0 aromatic heterocycles. The summed E-state index contributed by atoms with van der Waals surface area (Å²) in [5, 5.41) is 17.9. The molecule has 0 saturated carbocycles. The minimum Gasteiger partial charge on any atom is -0.479 e. The smallest absolute Gasteiger partial charge is 0.416 e. The summed E-state index contributed by atoms with van der Waals surface area (Å²) in [5.74, 6) is -3.18. The fraction of sp³-hybridized carbons (Fsp3) is 0.417. The van der Waals surface area contributed by atoms with Crippen molar-refractivity contribution in [3.8, 4) is 0 Å². The minimum absolute atomic E-state index is 0.0661. The van der Waals surface area contributed by atoms with Crippen LogP contribution in [0.3, 0.4) is 0 Å². The molecule has 1 aromatic carbocycles. The number of aliphatic hydroxyl groups excluding tert-OH is 1. The Morgan fingerprint density at radius 2 is 1.38 bits per heavy atom. The van der Waals surface area contributed by atoms with Crippen LogP contribution in [0.25, 0.3) is 0 Å². The number of hydrogen-bond donors (Lipinski definition) is 2. The molecule has 118 valence electrons. The number of alkyl halides is 6. The lowest BCUT2D eigenvalue weighted by Crippen LogP contribution is -2.26. The first-order valence-corrected chi connectivity index (χ1v) is 5.54. The van der Waals surface area contributed by atoms with E-state index in [2.05, 4.69) is 0 Å². The molecule has 9 heteroatoms. The van der Waals surface area contributed by atoms with Gasteiger partial charge in [0, 0.05) is 5.92 Å². The Kier molecular flexibility index (Phi) is 4.57. The van der Waals surface area contributed by atoms with E-state index in [1.807, 2.05) is 0 Å². The number of halogens is 6. The maximum atomic E-state index is 12.6. The van der Waals surface area contributed by atoms with Gasteiger partial charge in [-0.05, 0) is 23.8 Å². The third-order valence-electron chi connectivity index (χ3n) is 2.86. The van der Waals surface area contributed by atoms with Crippen molar-refractivity contribution in [3.63, 3.8) is 0 Å². The molecule has 21 heavy (non-hydrogen) atoms. The average Bonchev–Trinajstić information content (AvgIpc) is 2.34. The average molecular weight is 316 g/mol. The molecular formula is C12H10F6O3. The van der Waals surface area contributed by atoms with Crippen molar-refractivity contribution in [2.24, 2.45) is 0 Å². The molecule has 2 N–H and O–H groups in total. The summed E-state index contributed by atoms with van der Waals surface area (Å²) >= 11 is 0. The van der Waals surface area contributed by atoms with E-state index in [4.69, 9.17) is 5.11 Å². The van der Waals surface area contributed by atoms with Crippen molar-refractivity contribution in [1.82, 2.24) is 0 Å². The van der Waals surface area contributed by atoms with Crippen LogP contribution in [0.15, 0.2) is 18.2 Å². The van der Waals surface area contributed by atoms with Crippen molar-refractivity contribution in [2.45, 2.75) is 31.3 Å². The molecule has 2 unspecified atom stereocenters. The second-order valence-electron chi connectivity index (χ2n) is 4.41. The van der Waals surface area contributed by atoms with Gasteiger partial charge in [0.1, 0.15) is 0 Å². The number of carboxylic acids is 1. The van der Waals surface area contributed by atoms with E-state index in [-0.39, 0.29) is 6.07 Å². The number of hydrogen-bond acceptors (Lipinski definition) is 2. The van der Waals surface area contributed by atoms with Gasteiger partial charge < -0.3 is 10.2 Å². The molecule has 0 aliphatic heterocycles. The van der Waals surface area contributed by atoms with Crippen LogP contribution in [-0.2, 0) is 17.1 Å². The highest BCUT2D eigenvalue weighted by Crippen LogP contribution is 2.38. The molecule has 0 spiro atoms. The number of aliphatic hydroxyl groups is 1. The van der Waals surface area contributed by atoms with Crippen LogP contribution in [0.4, 0.5) is 26.3 Å². The minimum atomic E-state index is -5.02. The zero-order valence-electron chi connectivity index (χ0n) is 10.5. The predicted molar refractivity (Wildman–Crippen MR) is 58.5 cm³/mol. The zero-order valence-corrected chi connectivity index (χ0v) is 10.5. The Labute approximate surface area is 114 Å². The van der Waals surface area contributed by atoms with Gasteiger partial charge >= 0.3 is 18.3 Å². The molecule has 1 rings (SSSR count). The van der Waals surface area contributed by atoms with Gasteiger partial charge in [0.15, 0.2) is 6.10 Å². The number of carboxylic acid groups (broad SMARTS) is 1. The van der Waals surface area contributed by atoms with E-state index in [9.17, 15) is 36.2 Å². The lowest BCUT2D eigenvalue weighted by atomic mass is 9.92. The first kappa shape index (κ1) is 17.3. The quantitative estimate of drug-likeness (QED) is 0.842. The van der Waals surface area contributed by atoms with Crippen molar-refractivity contribution in [3.05, 3.63) is 34.9 Å². The molecule has 0 aliphatic carbocycles. The van der Waals surface area contributed by atoms with Gasteiger partial charge in [-0.1, -0.05) is 6.92 Å². The topological polar surface area (TPSA) is 57.5 Å². The third-order valence-corrected chi connectivity index (χ3v) is 2.86. The van der Waals surface area contributed by atoms with Gasteiger partial charge in [0.25, 0.3) is 0 Å². The van der Waals surface area contributed by atoms with Crippen LogP contribution in [0.2, 0.25) is 0 Å². The van der Waals surface area contributed by atoms with Crippen LogP contribution in [0.1, 0.15) is 29.5 Å². The summed E-state index contributed by atoms with van der Waals surface area (Å²) in [6.45, 7) is 1.02. The summed E-state index contributed by atoms with van der Waals surface area (Å²) in [5.41, 5.74) is -3.68. The van der Waals surface area contributed by atoms with E-state index in [0.29, 0.717) is 12.1 Å². The molecule has 0 aliphatic rings. The molecule has 0 amide bonds. The summed E-state index contributed by atoms with van der Waals surface area (Å²) in [6, 6.07) is 0.724. The van der Waals surface area contributed by atoms with Crippen molar-refractivity contribution < 1.29 is 41.4 Å². The second-order valence-corrected chi connectivity index (χ2v) is 4.41. The second kappa shape index (κ2) is 5.55. The van der Waals surface area contributed by atoms with Crippen molar-refractivity contribution in [2.75, 3.05) is 0 Å². The van der Waals surface area contributed by atoms with Crippen molar-refractivity contribution >= 4 is 5.97 Å². The van der Waals surface area contributed by atoms with E-state index in [1.54, 1.807) is 0 Å². The molecule has 0 saturated heterocycles. The fourth-order valence-electron chi connectivity index (χ4n) is 1.64. The Morgan fingerprint density at radius 1 is 1.00 bits per heavy atom.